The lowest BCUT2D eigenvalue weighted by Crippen LogP contribution is -2.46. The minimum atomic E-state index is -1.08. The summed E-state index contributed by atoms with van der Waals surface area (Å²) in [5, 5.41) is 12.7. The average Bonchev–Trinajstić information content (AvgIpc) is 2.80. The number of aliphatic carboxylic acids is 1. The fraction of sp³-hybridized carbons (Fsp3) is 0.346. The summed E-state index contributed by atoms with van der Waals surface area (Å²) in [7, 11) is 0. The first-order valence-electron chi connectivity index (χ1n) is 11.0. The van der Waals surface area contributed by atoms with Crippen LogP contribution in [0.5, 0.6) is 5.75 Å². The van der Waals surface area contributed by atoms with E-state index in [1.165, 1.54) is 0 Å². The Balaban J connectivity index is 1.81. The summed E-state index contributed by atoms with van der Waals surface area (Å²) in [6.45, 7) is 6.94. The second kappa shape index (κ2) is 10.3. The first-order chi connectivity index (χ1) is 15.7. The van der Waals surface area contributed by atoms with Gasteiger partial charge in [0.2, 0.25) is 0 Å². The summed E-state index contributed by atoms with van der Waals surface area (Å²) in [6, 6.07) is 12.3. The third kappa shape index (κ3) is 5.42. The number of carboxylic acids is 1. The lowest BCUT2D eigenvalue weighted by Gasteiger charge is -2.20. The van der Waals surface area contributed by atoms with Crippen molar-refractivity contribution in [2.45, 2.75) is 46.6 Å². The molecule has 174 valence electrons. The van der Waals surface area contributed by atoms with Gasteiger partial charge in [0.05, 0.1) is 0 Å². The van der Waals surface area contributed by atoms with Crippen molar-refractivity contribution in [3.63, 3.8) is 0 Å². The van der Waals surface area contributed by atoms with E-state index in [0.29, 0.717) is 35.3 Å². The van der Waals surface area contributed by atoms with Gasteiger partial charge in [0, 0.05) is 22.9 Å². The van der Waals surface area contributed by atoms with E-state index in [-0.39, 0.29) is 12.5 Å². The second-order valence-electron chi connectivity index (χ2n) is 8.28. The molecule has 0 unspecified atom stereocenters. The van der Waals surface area contributed by atoms with Gasteiger partial charge in [0.1, 0.15) is 17.4 Å². The van der Waals surface area contributed by atoms with Crippen LogP contribution in [0.4, 0.5) is 0 Å². The van der Waals surface area contributed by atoms with Crippen LogP contribution in [-0.2, 0) is 16.0 Å². The van der Waals surface area contributed by atoms with E-state index in [0.717, 1.165) is 16.5 Å². The number of fused-ring (bicyclic) bond motifs is 1. The molecule has 33 heavy (non-hydrogen) atoms. The molecule has 2 atom stereocenters. The fourth-order valence-electron chi connectivity index (χ4n) is 3.77. The molecule has 3 rings (SSSR count). The molecule has 7 nitrogen and oxygen atoms in total. The smallest absolute Gasteiger partial charge is 0.340 e. The van der Waals surface area contributed by atoms with Crippen LogP contribution in [0, 0.1) is 19.8 Å². The quantitative estimate of drug-likeness (QED) is 0.477. The van der Waals surface area contributed by atoms with E-state index in [9.17, 15) is 19.5 Å². The second-order valence-corrected chi connectivity index (χ2v) is 8.28. The number of carbonyl (C=O) groups is 2. The predicted molar refractivity (Wildman–Crippen MR) is 126 cm³/mol. The van der Waals surface area contributed by atoms with E-state index in [1.54, 1.807) is 19.9 Å². The maximum Gasteiger partial charge on any atom is 0.340 e. The minimum absolute atomic E-state index is 0.212. The van der Waals surface area contributed by atoms with E-state index in [1.807, 2.05) is 50.2 Å². The van der Waals surface area contributed by atoms with E-state index >= 15 is 0 Å². The van der Waals surface area contributed by atoms with Crippen molar-refractivity contribution in [3.8, 4) is 5.75 Å². The van der Waals surface area contributed by atoms with Gasteiger partial charge in [0.15, 0.2) is 6.61 Å². The maximum absolute atomic E-state index is 12.7. The highest BCUT2D eigenvalue weighted by molar-refractivity contribution is 5.87. The number of carboxylic acid groups (broad SMARTS) is 1. The van der Waals surface area contributed by atoms with Crippen LogP contribution in [0.2, 0.25) is 0 Å². The van der Waals surface area contributed by atoms with Gasteiger partial charge in [-0.05, 0) is 43.0 Å². The Morgan fingerprint density at radius 3 is 2.42 bits per heavy atom. The Kier molecular flexibility index (Phi) is 7.53. The molecule has 0 fully saturated rings. The van der Waals surface area contributed by atoms with Gasteiger partial charge in [-0.15, -0.1) is 0 Å². The summed E-state index contributed by atoms with van der Waals surface area (Å²) in [4.78, 5) is 36.4. The number of amides is 1. The molecule has 0 saturated carbocycles. The van der Waals surface area contributed by atoms with Crippen LogP contribution in [0.15, 0.2) is 51.7 Å². The molecule has 0 aliphatic heterocycles. The highest BCUT2D eigenvalue weighted by atomic mass is 16.5. The van der Waals surface area contributed by atoms with Gasteiger partial charge < -0.3 is 19.6 Å². The van der Waals surface area contributed by atoms with Crippen LogP contribution < -0.4 is 15.7 Å². The topological polar surface area (TPSA) is 106 Å². The number of hydrogen-bond donors (Lipinski definition) is 2. The summed E-state index contributed by atoms with van der Waals surface area (Å²) in [5.74, 6) is -1.43. The molecule has 1 heterocycles. The molecule has 0 bridgehead atoms. The number of nitrogens with one attached hydrogen (secondary N) is 1. The minimum Gasteiger partial charge on any atom is -0.483 e. The molecule has 2 N–H and O–H groups in total. The summed E-state index contributed by atoms with van der Waals surface area (Å²) >= 11 is 0. The van der Waals surface area contributed by atoms with Crippen molar-refractivity contribution < 1.29 is 23.8 Å². The first-order valence-corrected chi connectivity index (χ1v) is 11.0. The SMILES string of the molecule is CC[C@H](C)[C@H](NC(=O)COc1ccc2c(C)c(Cc3ccccc3)c(=O)oc2c1C)C(=O)O. The van der Waals surface area contributed by atoms with Crippen molar-refractivity contribution in [1.82, 2.24) is 5.32 Å². The number of aryl methyl sites for hydroxylation is 2. The number of ether oxygens (including phenoxy) is 1. The van der Waals surface area contributed by atoms with Crippen molar-refractivity contribution >= 4 is 22.8 Å². The van der Waals surface area contributed by atoms with E-state index in [2.05, 4.69) is 5.32 Å². The van der Waals surface area contributed by atoms with Crippen molar-refractivity contribution in [1.29, 1.82) is 0 Å². The number of hydrogen-bond acceptors (Lipinski definition) is 5. The molecular formula is C26H29NO6. The zero-order chi connectivity index (χ0) is 24.1. The molecule has 0 aliphatic carbocycles. The molecule has 1 aromatic heterocycles. The maximum atomic E-state index is 12.7. The third-order valence-corrected chi connectivity index (χ3v) is 6.03. The third-order valence-electron chi connectivity index (χ3n) is 6.03. The van der Waals surface area contributed by atoms with Gasteiger partial charge in [0.25, 0.3) is 5.91 Å². The molecular weight excluding hydrogens is 422 g/mol. The van der Waals surface area contributed by atoms with Crippen molar-refractivity contribution in [2.75, 3.05) is 6.61 Å². The first kappa shape index (κ1) is 24.0. The lowest BCUT2D eigenvalue weighted by molar-refractivity contribution is -0.143. The number of benzene rings is 2. The average molecular weight is 452 g/mol. The van der Waals surface area contributed by atoms with Crippen LogP contribution in [0.3, 0.4) is 0 Å². The van der Waals surface area contributed by atoms with Gasteiger partial charge in [-0.1, -0.05) is 50.6 Å². The Labute approximate surface area is 192 Å². The van der Waals surface area contributed by atoms with Crippen LogP contribution in [-0.4, -0.2) is 29.6 Å². The summed E-state index contributed by atoms with van der Waals surface area (Å²) < 4.78 is 11.3. The molecule has 7 heteroatoms. The standard InChI is InChI=1S/C26H29NO6/c1-5-15(2)23(25(29)30)27-22(28)14-32-21-12-11-19-16(3)20(13-18-9-7-6-8-10-18)26(31)33-24(19)17(21)4/h6-12,15,23H,5,13-14H2,1-4H3,(H,27,28)(H,29,30)/t15-,23-/m0/s1. The van der Waals surface area contributed by atoms with E-state index in [4.69, 9.17) is 9.15 Å². The van der Waals surface area contributed by atoms with Gasteiger partial charge >= 0.3 is 11.6 Å². The number of carbonyl (C=O) groups excluding carboxylic acids is 1. The normalized spacial score (nSPS) is 12.8. The van der Waals surface area contributed by atoms with Crippen LogP contribution in [0.1, 0.15) is 42.5 Å². The molecule has 1 amide bonds. The van der Waals surface area contributed by atoms with Crippen molar-refractivity contribution in [3.05, 3.63) is 75.1 Å². The zero-order valence-corrected chi connectivity index (χ0v) is 19.3. The Morgan fingerprint density at radius 2 is 1.79 bits per heavy atom. The van der Waals surface area contributed by atoms with Crippen LogP contribution in [0.25, 0.3) is 11.0 Å². The van der Waals surface area contributed by atoms with Crippen molar-refractivity contribution in [2.24, 2.45) is 5.92 Å². The Hall–Kier alpha value is -3.61. The zero-order valence-electron chi connectivity index (χ0n) is 19.3. The molecule has 2 aromatic carbocycles. The number of rotatable bonds is 9. The summed E-state index contributed by atoms with van der Waals surface area (Å²) in [5.41, 5.74) is 3.08. The predicted octanol–water partition coefficient (Wildman–Crippen LogP) is 3.99. The molecule has 3 aromatic rings. The van der Waals surface area contributed by atoms with Gasteiger partial charge in [-0.2, -0.15) is 0 Å². The molecule has 0 aliphatic rings. The molecule has 0 spiro atoms. The fourth-order valence-corrected chi connectivity index (χ4v) is 3.77. The Bertz CT molecular complexity index is 1210. The van der Waals surface area contributed by atoms with Gasteiger partial charge in [-0.3, -0.25) is 4.79 Å². The monoisotopic (exact) mass is 451 g/mol. The van der Waals surface area contributed by atoms with E-state index < -0.39 is 23.5 Å². The largest absolute Gasteiger partial charge is 0.483 e. The van der Waals surface area contributed by atoms with Crippen LogP contribution >= 0.6 is 0 Å². The lowest BCUT2D eigenvalue weighted by atomic mass is 9.98. The molecule has 0 radical (unpaired) electrons. The Morgan fingerprint density at radius 1 is 1.09 bits per heavy atom. The highest BCUT2D eigenvalue weighted by Gasteiger charge is 2.25. The summed E-state index contributed by atoms with van der Waals surface area (Å²) in [6.07, 6.45) is 1.09. The molecule has 0 saturated heterocycles. The van der Waals surface area contributed by atoms with Gasteiger partial charge in [-0.25, -0.2) is 9.59 Å². The highest BCUT2D eigenvalue weighted by Crippen LogP contribution is 2.30.